The zero-order valence-electron chi connectivity index (χ0n) is 15.5. The van der Waals surface area contributed by atoms with E-state index in [0.717, 1.165) is 43.6 Å². The van der Waals surface area contributed by atoms with Gasteiger partial charge in [-0.3, -0.25) is 14.5 Å². The molecule has 27 heavy (non-hydrogen) atoms. The SMILES string of the molecule is CC(=O)Nc1ccc(C(=O)N2CCN(CCc3ccc(Br)cc3)CC2)cc1. The smallest absolute Gasteiger partial charge is 0.253 e. The summed E-state index contributed by atoms with van der Waals surface area (Å²) in [4.78, 5) is 28.1. The van der Waals surface area contributed by atoms with Crippen molar-refractivity contribution in [2.75, 3.05) is 38.0 Å². The molecule has 2 amide bonds. The average Bonchev–Trinajstić information content (AvgIpc) is 2.67. The molecule has 0 bridgehead atoms. The van der Waals surface area contributed by atoms with Gasteiger partial charge < -0.3 is 10.2 Å². The molecule has 0 aromatic heterocycles. The number of hydrogen-bond donors (Lipinski definition) is 1. The third-order valence-electron chi connectivity index (χ3n) is 4.74. The number of benzene rings is 2. The van der Waals surface area contributed by atoms with Gasteiger partial charge in [-0.15, -0.1) is 0 Å². The molecule has 6 heteroatoms. The maximum atomic E-state index is 12.7. The fourth-order valence-electron chi connectivity index (χ4n) is 3.19. The quantitative estimate of drug-likeness (QED) is 0.791. The van der Waals surface area contributed by atoms with Crippen LogP contribution in [-0.2, 0) is 11.2 Å². The number of nitrogens with zero attached hydrogens (tertiary/aromatic N) is 2. The van der Waals surface area contributed by atoms with Crippen molar-refractivity contribution in [3.8, 4) is 0 Å². The topological polar surface area (TPSA) is 52.7 Å². The van der Waals surface area contributed by atoms with Crippen LogP contribution in [0.3, 0.4) is 0 Å². The maximum absolute atomic E-state index is 12.7. The van der Waals surface area contributed by atoms with Crippen molar-refractivity contribution in [1.29, 1.82) is 0 Å². The first-order valence-corrected chi connectivity index (χ1v) is 9.94. The van der Waals surface area contributed by atoms with Gasteiger partial charge in [-0.2, -0.15) is 0 Å². The molecule has 0 radical (unpaired) electrons. The van der Waals surface area contributed by atoms with Gasteiger partial charge in [-0.05, 0) is 48.4 Å². The molecule has 1 saturated heterocycles. The van der Waals surface area contributed by atoms with E-state index < -0.39 is 0 Å². The summed E-state index contributed by atoms with van der Waals surface area (Å²) in [6.45, 7) is 5.75. The number of halogens is 1. The second-order valence-corrected chi connectivity index (χ2v) is 7.68. The lowest BCUT2D eigenvalue weighted by Gasteiger charge is -2.34. The van der Waals surface area contributed by atoms with E-state index in [2.05, 4.69) is 50.4 Å². The van der Waals surface area contributed by atoms with E-state index in [9.17, 15) is 9.59 Å². The summed E-state index contributed by atoms with van der Waals surface area (Å²) in [5, 5.41) is 2.71. The number of amides is 2. The summed E-state index contributed by atoms with van der Waals surface area (Å²) in [5.74, 6) is -0.0646. The molecule has 0 unspecified atom stereocenters. The highest BCUT2D eigenvalue weighted by atomic mass is 79.9. The van der Waals surface area contributed by atoms with E-state index in [0.29, 0.717) is 11.3 Å². The van der Waals surface area contributed by atoms with Crippen LogP contribution in [-0.4, -0.2) is 54.3 Å². The molecule has 1 fully saturated rings. The van der Waals surface area contributed by atoms with Crippen LogP contribution in [0, 0.1) is 0 Å². The Balaban J connectivity index is 1.47. The van der Waals surface area contributed by atoms with Crippen LogP contribution in [0.5, 0.6) is 0 Å². The predicted molar refractivity (Wildman–Crippen MR) is 111 cm³/mol. The molecule has 0 spiro atoms. The minimum Gasteiger partial charge on any atom is -0.336 e. The zero-order valence-corrected chi connectivity index (χ0v) is 17.0. The number of hydrogen-bond acceptors (Lipinski definition) is 3. The minimum absolute atomic E-state index is 0.0527. The molecule has 1 heterocycles. The molecule has 3 rings (SSSR count). The van der Waals surface area contributed by atoms with Crippen LogP contribution in [0.2, 0.25) is 0 Å². The molecular weight excluding hydrogens is 406 g/mol. The Morgan fingerprint density at radius 2 is 1.59 bits per heavy atom. The van der Waals surface area contributed by atoms with Crippen molar-refractivity contribution in [3.05, 3.63) is 64.1 Å². The average molecular weight is 430 g/mol. The standard InChI is InChI=1S/C21H24BrN3O2/c1-16(26)23-20-8-4-18(5-9-20)21(27)25-14-12-24(13-15-25)11-10-17-2-6-19(22)7-3-17/h2-9H,10-15H2,1H3,(H,23,26). The molecule has 142 valence electrons. The van der Waals surface area contributed by atoms with E-state index in [-0.39, 0.29) is 11.8 Å². The predicted octanol–water partition coefficient (Wildman–Crippen LogP) is 3.41. The van der Waals surface area contributed by atoms with Crippen LogP contribution >= 0.6 is 15.9 Å². The van der Waals surface area contributed by atoms with E-state index in [1.807, 2.05) is 4.90 Å². The summed E-state index contributed by atoms with van der Waals surface area (Å²) >= 11 is 3.46. The molecule has 2 aromatic rings. The molecule has 0 aliphatic carbocycles. The fraction of sp³-hybridized carbons (Fsp3) is 0.333. The Hall–Kier alpha value is -2.18. The van der Waals surface area contributed by atoms with Gasteiger partial charge >= 0.3 is 0 Å². The number of carbonyl (C=O) groups excluding carboxylic acids is 2. The second kappa shape index (κ2) is 9.15. The van der Waals surface area contributed by atoms with Crippen LogP contribution in [0.4, 0.5) is 5.69 Å². The fourth-order valence-corrected chi connectivity index (χ4v) is 3.46. The van der Waals surface area contributed by atoms with Crippen LogP contribution in [0.1, 0.15) is 22.8 Å². The van der Waals surface area contributed by atoms with Gasteiger partial charge in [-0.1, -0.05) is 28.1 Å². The number of carbonyl (C=O) groups is 2. The highest BCUT2D eigenvalue weighted by Gasteiger charge is 2.21. The van der Waals surface area contributed by atoms with E-state index >= 15 is 0 Å². The summed E-state index contributed by atoms with van der Waals surface area (Å²) < 4.78 is 1.10. The summed E-state index contributed by atoms with van der Waals surface area (Å²) in [6.07, 6.45) is 1.02. The zero-order chi connectivity index (χ0) is 19.2. The van der Waals surface area contributed by atoms with Crippen LogP contribution < -0.4 is 5.32 Å². The largest absolute Gasteiger partial charge is 0.336 e. The van der Waals surface area contributed by atoms with Gasteiger partial charge in [0.2, 0.25) is 5.91 Å². The molecule has 1 aliphatic heterocycles. The Morgan fingerprint density at radius 3 is 2.19 bits per heavy atom. The third-order valence-corrected chi connectivity index (χ3v) is 5.27. The maximum Gasteiger partial charge on any atom is 0.253 e. The molecule has 0 saturated carbocycles. The van der Waals surface area contributed by atoms with Crippen molar-refractivity contribution in [1.82, 2.24) is 9.80 Å². The Labute approximate surface area is 168 Å². The van der Waals surface area contributed by atoms with Gasteiger partial charge in [0.25, 0.3) is 5.91 Å². The molecular formula is C21H24BrN3O2. The van der Waals surface area contributed by atoms with Gasteiger partial charge in [0.1, 0.15) is 0 Å². The lowest BCUT2D eigenvalue weighted by atomic mass is 10.1. The van der Waals surface area contributed by atoms with Crippen molar-refractivity contribution >= 4 is 33.4 Å². The van der Waals surface area contributed by atoms with Gasteiger partial charge in [0.05, 0.1) is 0 Å². The third kappa shape index (κ3) is 5.65. The number of piperazine rings is 1. The number of anilines is 1. The lowest BCUT2D eigenvalue weighted by Crippen LogP contribution is -2.49. The first kappa shape index (κ1) is 19.6. The van der Waals surface area contributed by atoms with E-state index in [1.54, 1.807) is 24.3 Å². The highest BCUT2D eigenvalue weighted by Crippen LogP contribution is 2.14. The van der Waals surface area contributed by atoms with Crippen molar-refractivity contribution in [2.45, 2.75) is 13.3 Å². The highest BCUT2D eigenvalue weighted by molar-refractivity contribution is 9.10. The van der Waals surface area contributed by atoms with Gasteiger partial charge in [0, 0.05) is 55.4 Å². The van der Waals surface area contributed by atoms with Crippen molar-refractivity contribution < 1.29 is 9.59 Å². The minimum atomic E-state index is -0.117. The monoisotopic (exact) mass is 429 g/mol. The van der Waals surface area contributed by atoms with Gasteiger partial charge in [0.15, 0.2) is 0 Å². The Bertz CT molecular complexity index is 782. The Kier molecular flexibility index (Phi) is 6.63. The summed E-state index contributed by atoms with van der Waals surface area (Å²) in [7, 11) is 0. The summed E-state index contributed by atoms with van der Waals surface area (Å²) in [6, 6.07) is 15.5. The van der Waals surface area contributed by atoms with E-state index in [1.165, 1.54) is 12.5 Å². The second-order valence-electron chi connectivity index (χ2n) is 6.77. The van der Waals surface area contributed by atoms with Crippen LogP contribution in [0.25, 0.3) is 0 Å². The molecule has 0 atom stereocenters. The molecule has 1 aliphatic rings. The number of nitrogens with one attached hydrogen (secondary N) is 1. The Morgan fingerprint density at radius 1 is 0.963 bits per heavy atom. The number of rotatable bonds is 5. The lowest BCUT2D eigenvalue weighted by molar-refractivity contribution is -0.114. The normalized spacial score (nSPS) is 14.8. The summed E-state index contributed by atoms with van der Waals surface area (Å²) in [5.41, 5.74) is 2.69. The van der Waals surface area contributed by atoms with Crippen LogP contribution in [0.15, 0.2) is 53.0 Å². The van der Waals surface area contributed by atoms with Crippen molar-refractivity contribution in [3.63, 3.8) is 0 Å². The first-order valence-electron chi connectivity index (χ1n) is 9.15. The van der Waals surface area contributed by atoms with Crippen molar-refractivity contribution in [2.24, 2.45) is 0 Å². The first-order chi connectivity index (χ1) is 13.0. The van der Waals surface area contributed by atoms with Gasteiger partial charge in [-0.25, -0.2) is 0 Å². The molecule has 5 nitrogen and oxygen atoms in total. The van der Waals surface area contributed by atoms with E-state index in [4.69, 9.17) is 0 Å². The molecule has 1 N–H and O–H groups in total. The molecule has 2 aromatic carbocycles.